The average Bonchev–Trinajstić information content (AvgIpc) is 2.10. The third-order valence-electron chi connectivity index (χ3n) is 2.40. The Morgan fingerprint density at radius 3 is 2.44 bits per heavy atom. The Morgan fingerprint density at radius 1 is 1.56 bits per heavy atom. The highest BCUT2D eigenvalue weighted by atomic mass is 28.3. The van der Waals surface area contributed by atoms with Gasteiger partial charge in [0.15, 0.2) is 0 Å². The predicted molar refractivity (Wildman–Crippen MR) is 44.3 cm³/mol. The minimum absolute atomic E-state index is 0.704. The number of rotatable bonds is 1. The first kappa shape index (κ1) is 7.29. The van der Waals surface area contributed by atoms with E-state index in [-0.39, 0.29) is 0 Å². The van der Waals surface area contributed by atoms with Crippen LogP contribution in [0.2, 0.25) is 25.2 Å². The van der Waals surface area contributed by atoms with Gasteiger partial charge in [-0.3, -0.25) is 0 Å². The highest BCUT2D eigenvalue weighted by molar-refractivity contribution is 6.78. The third kappa shape index (κ3) is 1.80. The SMILES string of the molecule is C[Si]1(C)CC[C@H](CN)C1. The van der Waals surface area contributed by atoms with Crippen molar-refractivity contribution in [2.24, 2.45) is 11.7 Å². The fourth-order valence-electron chi connectivity index (χ4n) is 1.78. The van der Waals surface area contributed by atoms with E-state index < -0.39 is 8.07 Å². The van der Waals surface area contributed by atoms with Gasteiger partial charge in [-0.15, -0.1) is 0 Å². The molecule has 1 nitrogen and oxygen atoms in total. The topological polar surface area (TPSA) is 26.0 Å². The van der Waals surface area contributed by atoms with Gasteiger partial charge in [0.2, 0.25) is 0 Å². The van der Waals surface area contributed by atoms with E-state index in [1.165, 1.54) is 18.5 Å². The number of nitrogens with two attached hydrogens (primary N) is 1. The van der Waals surface area contributed by atoms with E-state index in [0.29, 0.717) is 0 Å². The van der Waals surface area contributed by atoms with Gasteiger partial charge in [0.05, 0.1) is 0 Å². The van der Waals surface area contributed by atoms with Crippen LogP contribution in [0.4, 0.5) is 0 Å². The molecule has 2 N–H and O–H groups in total. The van der Waals surface area contributed by atoms with Crippen molar-refractivity contribution in [2.75, 3.05) is 6.54 Å². The zero-order valence-corrected chi connectivity index (χ0v) is 7.48. The normalized spacial score (nSPS) is 33.0. The van der Waals surface area contributed by atoms with Crippen LogP contribution in [0.5, 0.6) is 0 Å². The lowest BCUT2D eigenvalue weighted by atomic mass is 10.1. The van der Waals surface area contributed by atoms with Gasteiger partial charge in [0.25, 0.3) is 0 Å². The Kier molecular flexibility index (Phi) is 1.96. The van der Waals surface area contributed by atoms with E-state index in [4.69, 9.17) is 5.73 Å². The molecule has 54 valence electrons. The Bertz CT molecular complexity index is 101. The minimum Gasteiger partial charge on any atom is -0.330 e. The molecule has 0 aliphatic carbocycles. The third-order valence-corrected chi connectivity index (χ3v) is 5.73. The van der Waals surface area contributed by atoms with Gasteiger partial charge in [0, 0.05) is 8.07 Å². The second-order valence-electron chi connectivity index (χ2n) is 4.01. The lowest BCUT2D eigenvalue weighted by Gasteiger charge is -2.13. The highest BCUT2D eigenvalue weighted by Crippen LogP contribution is 2.33. The molecule has 0 radical (unpaired) electrons. The Morgan fingerprint density at radius 2 is 2.22 bits per heavy atom. The summed E-state index contributed by atoms with van der Waals surface area (Å²) in [7, 11) is -0.704. The van der Waals surface area contributed by atoms with Crippen molar-refractivity contribution in [3.05, 3.63) is 0 Å². The smallest absolute Gasteiger partial charge is 0.0477 e. The molecule has 1 saturated heterocycles. The molecule has 0 aromatic rings. The van der Waals surface area contributed by atoms with Gasteiger partial charge in [-0.25, -0.2) is 0 Å². The van der Waals surface area contributed by atoms with Crippen LogP contribution in [0.3, 0.4) is 0 Å². The molecule has 0 saturated carbocycles. The largest absolute Gasteiger partial charge is 0.330 e. The molecule has 1 aliphatic rings. The van der Waals surface area contributed by atoms with E-state index in [1.54, 1.807) is 0 Å². The average molecular weight is 143 g/mol. The second-order valence-corrected chi connectivity index (χ2v) is 9.25. The van der Waals surface area contributed by atoms with E-state index >= 15 is 0 Å². The fourth-order valence-corrected chi connectivity index (χ4v) is 5.11. The van der Waals surface area contributed by atoms with Crippen molar-refractivity contribution in [3.63, 3.8) is 0 Å². The quantitative estimate of drug-likeness (QED) is 0.555. The first-order valence-electron chi connectivity index (χ1n) is 3.84. The van der Waals surface area contributed by atoms with Crippen LogP contribution in [0.15, 0.2) is 0 Å². The zero-order valence-electron chi connectivity index (χ0n) is 6.48. The van der Waals surface area contributed by atoms with Crippen LogP contribution in [0.25, 0.3) is 0 Å². The molecule has 1 atom stereocenters. The first-order chi connectivity index (χ1) is 4.14. The fraction of sp³-hybridized carbons (Fsp3) is 1.00. The van der Waals surface area contributed by atoms with Crippen LogP contribution in [0, 0.1) is 5.92 Å². The molecule has 1 heterocycles. The van der Waals surface area contributed by atoms with Gasteiger partial charge in [0.1, 0.15) is 0 Å². The van der Waals surface area contributed by atoms with Gasteiger partial charge in [-0.1, -0.05) is 31.6 Å². The summed E-state index contributed by atoms with van der Waals surface area (Å²) in [6.45, 7) is 5.88. The molecule has 1 aliphatic heterocycles. The van der Waals surface area contributed by atoms with E-state index in [2.05, 4.69) is 13.1 Å². The number of hydrogen-bond donors (Lipinski definition) is 1. The maximum absolute atomic E-state index is 5.58. The van der Waals surface area contributed by atoms with E-state index in [0.717, 1.165) is 12.5 Å². The molecule has 1 rings (SSSR count). The standard InChI is InChI=1S/C7H17NSi/c1-9(2)4-3-7(5-8)6-9/h7H,3-6,8H2,1-2H3/t7-/m1/s1. The highest BCUT2D eigenvalue weighted by Gasteiger charge is 2.31. The lowest BCUT2D eigenvalue weighted by molar-refractivity contribution is 0.602. The van der Waals surface area contributed by atoms with Crippen LogP contribution in [0.1, 0.15) is 6.42 Å². The summed E-state index contributed by atoms with van der Waals surface area (Å²) >= 11 is 0. The van der Waals surface area contributed by atoms with Crippen LogP contribution in [-0.2, 0) is 0 Å². The monoisotopic (exact) mass is 143 g/mol. The molecule has 0 unspecified atom stereocenters. The molecular formula is C7H17NSi. The van der Waals surface area contributed by atoms with Crippen molar-refractivity contribution in [1.82, 2.24) is 0 Å². The summed E-state index contributed by atoms with van der Waals surface area (Å²) in [6, 6.07) is 2.98. The Balaban J connectivity index is 2.38. The predicted octanol–water partition coefficient (Wildman–Crippen LogP) is 1.67. The summed E-state index contributed by atoms with van der Waals surface area (Å²) in [4.78, 5) is 0. The lowest BCUT2D eigenvalue weighted by Crippen LogP contribution is -2.21. The van der Waals surface area contributed by atoms with Gasteiger partial charge < -0.3 is 5.73 Å². The second kappa shape index (κ2) is 2.43. The molecule has 2 heteroatoms. The summed E-state index contributed by atoms with van der Waals surface area (Å²) in [6.07, 6.45) is 1.41. The molecule has 9 heavy (non-hydrogen) atoms. The molecule has 0 aromatic carbocycles. The maximum atomic E-state index is 5.58. The molecule has 1 fully saturated rings. The summed E-state index contributed by atoms with van der Waals surface area (Å²) < 4.78 is 0. The van der Waals surface area contributed by atoms with Crippen LogP contribution < -0.4 is 5.73 Å². The van der Waals surface area contributed by atoms with Gasteiger partial charge >= 0.3 is 0 Å². The van der Waals surface area contributed by atoms with Crippen LogP contribution >= 0.6 is 0 Å². The Hall–Kier alpha value is 0.177. The molecule has 0 aromatic heterocycles. The summed E-state index contributed by atoms with van der Waals surface area (Å²) in [5.41, 5.74) is 5.58. The Labute approximate surface area is 58.6 Å². The van der Waals surface area contributed by atoms with Gasteiger partial charge in [-0.05, 0) is 12.5 Å². The van der Waals surface area contributed by atoms with E-state index in [1.807, 2.05) is 0 Å². The van der Waals surface area contributed by atoms with Crippen molar-refractivity contribution in [1.29, 1.82) is 0 Å². The number of hydrogen-bond acceptors (Lipinski definition) is 1. The van der Waals surface area contributed by atoms with Crippen molar-refractivity contribution < 1.29 is 0 Å². The summed E-state index contributed by atoms with van der Waals surface area (Å²) in [5, 5.41) is 0. The molecular weight excluding hydrogens is 126 g/mol. The first-order valence-corrected chi connectivity index (χ1v) is 7.25. The molecule has 0 amide bonds. The minimum atomic E-state index is -0.704. The summed E-state index contributed by atoms with van der Waals surface area (Å²) in [5.74, 6) is 0.881. The maximum Gasteiger partial charge on any atom is 0.0477 e. The molecule has 0 bridgehead atoms. The van der Waals surface area contributed by atoms with Crippen molar-refractivity contribution in [2.45, 2.75) is 31.6 Å². The van der Waals surface area contributed by atoms with Gasteiger partial charge in [-0.2, -0.15) is 0 Å². The van der Waals surface area contributed by atoms with Crippen LogP contribution in [-0.4, -0.2) is 14.6 Å². The van der Waals surface area contributed by atoms with E-state index in [9.17, 15) is 0 Å². The van der Waals surface area contributed by atoms with Crippen molar-refractivity contribution in [3.8, 4) is 0 Å². The van der Waals surface area contributed by atoms with Crippen molar-refractivity contribution >= 4 is 8.07 Å². The zero-order chi connectivity index (χ0) is 6.91. The molecule has 0 spiro atoms.